The Bertz CT molecular complexity index is 834. The minimum Gasteiger partial charge on any atom is -0.507 e. The third-order valence-electron chi connectivity index (χ3n) is 3.59. The fourth-order valence-electron chi connectivity index (χ4n) is 2.34. The fraction of sp³-hybridized carbons (Fsp3) is 0.222. The average Bonchev–Trinajstić information content (AvgIpc) is 2.66. The number of anilines is 1. The lowest BCUT2D eigenvalue weighted by molar-refractivity contribution is -0.119. The lowest BCUT2D eigenvalue weighted by Crippen LogP contribution is -2.21. The Kier molecular flexibility index (Phi) is 5.12. The van der Waals surface area contributed by atoms with E-state index in [1.54, 1.807) is 18.2 Å². The van der Waals surface area contributed by atoms with E-state index in [2.05, 4.69) is 5.32 Å². The molecule has 0 spiro atoms. The summed E-state index contributed by atoms with van der Waals surface area (Å²) < 4.78 is 20.7. The maximum absolute atomic E-state index is 12.0. The van der Waals surface area contributed by atoms with Crippen molar-refractivity contribution in [2.24, 2.45) is 0 Å². The minimum atomic E-state index is -0.817. The number of amides is 1. The molecule has 0 bridgehead atoms. The highest BCUT2D eigenvalue weighted by Crippen LogP contribution is 2.32. The molecular formula is C18H17NO7. The van der Waals surface area contributed by atoms with E-state index in [-0.39, 0.29) is 11.3 Å². The van der Waals surface area contributed by atoms with Gasteiger partial charge in [-0.1, -0.05) is 0 Å². The number of hydrogen-bond acceptors (Lipinski definition) is 7. The van der Waals surface area contributed by atoms with Gasteiger partial charge in [0.1, 0.15) is 30.3 Å². The molecule has 0 saturated carbocycles. The third kappa shape index (κ3) is 3.97. The molecule has 2 N–H and O–H groups in total. The second kappa shape index (κ2) is 7.64. The Hall–Kier alpha value is -3.42. The topological polar surface area (TPSA) is 103 Å². The van der Waals surface area contributed by atoms with Crippen LogP contribution in [-0.2, 0) is 9.53 Å². The maximum atomic E-state index is 12.0. The number of fused-ring (bicyclic) bond motifs is 1. The van der Waals surface area contributed by atoms with Crippen LogP contribution in [0.1, 0.15) is 10.4 Å². The van der Waals surface area contributed by atoms with Crippen molar-refractivity contribution in [1.29, 1.82) is 0 Å². The van der Waals surface area contributed by atoms with E-state index in [4.69, 9.17) is 18.9 Å². The molecule has 8 heteroatoms. The number of ether oxygens (including phenoxy) is 4. The Morgan fingerprint density at radius 3 is 2.62 bits per heavy atom. The van der Waals surface area contributed by atoms with Gasteiger partial charge in [0.2, 0.25) is 0 Å². The summed E-state index contributed by atoms with van der Waals surface area (Å²) in [5.41, 5.74) is 0.431. The van der Waals surface area contributed by atoms with E-state index in [0.29, 0.717) is 36.1 Å². The molecule has 8 nitrogen and oxygen atoms in total. The average molecular weight is 359 g/mol. The molecule has 1 aliphatic heterocycles. The van der Waals surface area contributed by atoms with Gasteiger partial charge < -0.3 is 29.4 Å². The number of aromatic hydroxyl groups is 1. The Labute approximate surface area is 149 Å². The second-order valence-corrected chi connectivity index (χ2v) is 5.37. The molecule has 0 aliphatic carbocycles. The largest absolute Gasteiger partial charge is 0.507 e. The molecule has 1 heterocycles. The number of phenolic OH excluding ortho intramolecular Hbond substituents is 1. The van der Waals surface area contributed by atoms with Gasteiger partial charge in [-0.25, -0.2) is 4.79 Å². The molecular weight excluding hydrogens is 342 g/mol. The van der Waals surface area contributed by atoms with Crippen LogP contribution in [0.5, 0.6) is 23.0 Å². The number of benzene rings is 2. The van der Waals surface area contributed by atoms with Crippen LogP contribution in [0.25, 0.3) is 0 Å². The molecule has 1 amide bonds. The first-order valence-electron chi connectivity index (χ1n) is 7.80. The SMILES string of the molecule is COc1ccc(C(=O)OCC(=O)Nc2ccc3c(c2)OCCO3)c(O)c1. The Morgan fingerprint density at radius 2 is 1.88 bits per heavy atom. The molecule has 0 fully saturated rings. The minimum absolute atomic E-state index is 0.0575. The summed E-state index contributed by atoms with van der Waals surface area (Å²) in [4.78, 5) is 23.9. The molecule has 26 heavy (non-hydrogen) atoms. The van der Waals surface area contributed by atoms with E-state index in [1.165, 1.54) is 25.3 Å². The first kappa shape index (κ1) is 17.4. The van der Waals surface area contributed by atoms with Crippen molar-refractivity contribution in [3.8, 4) is 23.0 Å². The summed E-state index contributed by atoms with van der Waals surface area (Å²) in [6, 6.07) is 9.12. The molecule has 2 aromatic carbocycles. The number of rotatable bonds is 5. The van der Waals surface area contributed by atoms with Crippen molar-refractivity contribution in [3.05, 3.63) is 42.0 Å². The zero-order valence-corrected chi connectivity index (χ0v) is 14.0. The van der Waals surface area contributed by atoms with Crippen LogP contribution in [0.3, 0.4) is 0 Å². The number of carbonyl (C=O) groups excluding carboxylic acids is 2. The molecule has 3 rings (SSSR count). The van der Waals surface area contributed by atoms with Gasteiger partial charge in [-0.2, -0.15) is 0 Å². The molecule has 0 unspecified atom stereocenters. The summed E-state index contributed by atoms with van der Waals surface area (Å²) in [6.45, 7) is 0.416. The number of esters is 1. The zero-order chi connectivity index (χ0) is 18.5. The van der Waals surface area contributed by atoms with Crippen LogP contribution in [0.2, 0.25) is 0 Å². The van der Waals surface area contributed by atoms with Crippen molar-refractivity contribution < 1.29 is 33.6 Å². The van der Waals surface area contributed by atoms with E-state index >= 15 is 0 Å². The number of phenols is 1. The molecule has 1 aliphatic rings. The van der Waals surface area contributed by atoms with Gasteiger partial charge in [-0.3, -0.25) is 4.79 Å². The van der Waals surface area contributed by atoms with Crippen LogP contribution in [0.4, 0.5) is 5.69 Å². The van der Waals surface area contributed by atoms with Crippen LogP contribution in [-0.4, -0.2) is 43.9 Å². The van der Waals surface area contributed by atoms with Crippen molar-refractivity contribution >= 4 is 17.6 Å². The second-order valence-electron chi connectivity index (χ2n) is 5.37. The third-order valence-corrected chi connectivity index (χ3v) is 3.59. The highest BCUT2D eigenvalue weighted by Gasteiger charge is 2.16. The first-order valence-corrected chi connectivity index (χ1v) is 7.80. The summed E-state index contributed by atoms with van der Waals surface area (Å²) in [7, 11) is 1.44. The molecule has 136 valence electrons. The number of hydrogen-bond donors (Lipinski definition) is 2. The van der Waals surface area contributed by atoms with Crippen LogP contribution in [0.15, 0.2) is 36.4 Å². The fourth-order valence-corrected chi connectivity index (χ4v) is 2.34. The number of carbonyl (C=O) groups is 2. The predicted molar refractivity (Wildman–Crippen MR) is 91.0 cm³/mol. The molecule has 0 atom stereocenters. The maximum Gasteiger partial charge on any atom is 0.342 e. The molecule has 0 saturated heterocycles. The summed E-state index contributed by atoms with van der Waals surface area (Å²) in [5.74, 6) is -0.0904. The summed E-state index contributed by atoms with van der Waals surface area (Å²) in [6.07, 6.45) is 0. The monoisotopic (exact) mass is 359 g/mol. The summed E-state index contributed by atoms with van der Waals surface area (Å²) in [5, 5.41) is 12.4. The normalized spacial score (nSPS) is 12.2. The van der Waals surface area contributed by atoms with E-state index < -0.39 is 18.5 Å². The van der Waals surface area contributed by atoms with Gasteiger partial charge >= 0.3 is 5.97 Å². The highest BCUT2D eigenvalue weighted by atomic mass is 16.6. The van der Waals surface area contributed by atoms with Gasteiger partial charge in [-0.05, 0) is 24.3 Å². The molecule has 0 radical (unpaired) electrons. The van der Waals surface area contributed by atoms with Gasteiger partial charge in [0.05, 0.1) is 7.11 Å². The van der Waals surface area contributed by atoms with Crippen molar-refractivity contribution in [2.45, 2.75) is 0 Å². The Balaban J connectivity index is 1.56. The first-order chi connectivity index (χ1) is 12.6. The number of nitrogens with one attached hydrogen (secondary N) is 1. The molecule has 0 aromatic heterocycles. The van der Waals surface area contributed by atoms with Crippen molar-refractivity contribution in [1.82, 2.24) is 0 Å². The summed E-state index contributed by atoms with van der Waals surface area (Å²) >= 11 is 0. The lowest BCUT2D eigenvalue weighted by atomic mass is 10.2. The van der Waals surface area contributed by atoms with Crippen LogP contribution >= 0.6 is 0 Å². The van der Waals surface area contributed by atoms with Gasteiger partial charge in [0.15, 0.2) is 18.1 Å². The van der Waals surface area contributed by atoms with E-state index in [0.717, 1.165) is 0 Å². The lowest BCUT2D eigenvalue weighted by Gasteiger charge is -2.19. The van der Waals surface area contributed by atoms with Crippen LogP contribution in [0, 0.1) is 0 Å². The molecule has 2 aromatic rings. The quantitative estimate of drug-likeness (QED) is 0.787. The van der Waals surface area contributed by atoms with Crippen molar-refractivity contribution in [2.75, 3.05) is 32.2 Å². The number of methoxy groups -OCH3 is 1. The van der Waals surface area contributed by atoms with E-state index in [1.807, 2.05) is 0 Å². The predicted octanol–water partition coefficient (Wildman–Crippen LogP) is 1.97. The van der Waals surface area contributed by atoms with E-state index in [9.17, 15) is 14.7 Å². The Morgan fingerprint density at radius 1 is 1.12 bits per heavy atom. The standard InChI is InChI=1S/C18H17NO7/c1-23-12-3-4-13(14(20)9-12)18(22)26-10-17(21)19-11-2-5-15-16(8-11)25-7-6-24-15/h2-5,8-9,20H,6-7,10H2,1H3,(H,19,21). The van der Waals surface area contributed by atoms with Gasteiger partial charge in [0, 0.05) is 17.8 Å². The zero-order valence-electron chi connectivity index (χ0n) is 14.0. The van der Waals surface area contributed by atoms with Gasteiger partial charge in [-0.15, -0.1) is 0 Å². The highest BCUT2D eigenvalue weighted by molar-refractivity contribution is 5.97. The smallest absolute Gasteiger partial charge is 0.342 e. The van der Waals surface area contributed by atoms with Gasteiger partial charge in [0.25, 0.3) is 5.91 Å². The van der Waals surface area contributed by atoms with Crippen LogP contribution < -0.4 is 19.5 Å². The van der Waals surface area contributed by atoms with Crippen molar-refractivity contribution in [3.63, 3.8) is 0 Å².